The summed E-state index contributed by atoms with van der Waals surface area (Å²) in [6, 6.07) is 18.9. The van der Waals surface area contributed by atoms with Crippen molar-refractivity contribution < 1.29 is 8.42 Å². The Labute approximate surface area is 142 Å². The third kappa shape index (κ3) is 1.79. The number of allylic oxidation sites excluding steroid dienone is 4. The fourth-order valence-electron chi connectivity index (χ4n) is 4.82. The van der Waals surface area contributed by atoms with Crippen LogP contribution in [0.15, 0.2) is 82.6 Å². The molecular weight excluding hydrogens is 316 g/mol. The summed E-state index contributed by atoms with van der Waals surface area (Å²) in [7, 11) is -3.43. The van der Waals surface area contributed by atoms with Crippen LogP contribution in [0.5, 0.6) is 0 Å². The summed E-state index contributed by atoms with van der Waals surface area (Å²) in [5.74, 6) is 1.43. The zero-order chi connectivity index (χ0) is 16.3. The van der Waals surface area contributed by atoms with E-state index >= 15 is 0 Å². The minimum Gasteiger partial charge on any atom is -0.219 e. The van der Waals surface area contributed by atoms with Gasteiger partial charge in [-0.15, -0.1) is 0 Å². The number of hydrogen-bond acceptors (Lipinski definition) is 2. The zero-order valence-electron chi connectivity index (χ0n) is 13.2. The van der Waals surface area contributed by atoms with Gasteiger partial charge in [0.05, 0.1) is 9.80 Å². The molecule has 0 amide bonds. The van der Waals surface area contributed by atoms with Gasteiger partial charge in [-0.1, -0.05) is 60.7 Å². The van der Waals surface area contributed by atoms with E-state index in [4.69, 9.17) is 0 Å². The molecule has 2 aromatic rings. The lowest BCUT2D eigenvalue weighted by molar-refractivity contribution is 0.404. The first kappa shape index (κ1) is 14.2. The van der Waals surface area contributed by atoms with E-state index in [1.807, 2.05) is 36.4 Å². The highest BCUT2D eigenvalue weighted by molar-refractivity contribution is 7.95. The Hall–Kier alpha value is -2.13. The van der Waals surface area contributed by atoms with E-state index in [0.29, 0.717) is 27.6 Å². The monoisotopic (exact) mass is 334 g/mol. The first-order chi connectivity index (χ1) is 11.7. The number of rotatable bonds is 3. The average Bonchev–Trinajstić information content (AvgIpc) is 3.14. The maximum absolute atomic E-state index is 13.3. The van der Waals surface area contributed by atoms with Gasteiger partial charge in [0, 0.05) is 5.92 Å². The molecule has 0 aliphatic heterocycles. The first-order valence-corrected chi connectivity index (χ1v) is 9.94. The molecule has 0 N–H and O–H groups in total. The maximum Gasteiger partial charge on any atom is 0.203 e. The third-order valence-corrected chi connectivity index (χ3v) is 7.75. The largest absolute Gasteiger partial charge is 0.219 e. The van der Waals surface area contributed by atoms with Gasteiger partial charge in [-0.3, -0.25) is 0 Å². The second-order valence-electron chi connectivity index (χ2n) is 6.96. The lowest BCUT2D eigenvalue weighted by Crippen LogP contribution is -2.36. The van der Waals surface area contributed by atoms with Crippen molar-refractivity contribution in [2.75, 3.05) is 0 Å². The van der Waals surface area contributed by atoms with Crippen molar-refractivity contribution in [3.8, 4) is 0 Å². The molecular formula is C21H18O2S. The summed E-state index contributed by atoms with van der Waals surface area (Å²) >= 11 is 0. The highest BCUT2D eigenvalue weighted by atomic mass is 32.2. The van der Waals surface area contributed by atoms with Crippen molar-refractivity contribution >= 4 is 15.4 Å². The summed E-state index contributed by atoms with van der Waals surface area (Å²) in [6.45, 7) is 0. The molecule has 2 nitrogen and oxygen atoms in total. The summed E-state index contributed by atoms with van der Waals surface area (Å²) in [5, 5.41) is 0. The van der Waals surface area contributed by atoms with E-state index in [0.717, 1.165) is 17.6 Å². The maximum atomic E-state index is 13.3. The Kier molecular flexibility index (Phi) is 2.93. The molecule has 0 unspecified atom stereocenters. The van der Waals surface area contributed by atoms with Crippen molar-refractivity contribution in [3.05, 3.63) is 83.3 Å². The number of hydrogen-bond donors (Lipinski definition) is 0. The van der Waals surface area contributed by atoms with E-state index < -0.39 is 9.84 Å². The molecule has 24 heavy (non-hydrogen) atoms. The van der Waals surface area contributed by atoms with Crippen LogP contribution in [0.3, 0.4) is 0 Å². The summed E-state index contributed by atoms with van der Waals surface area (Å²) < 4.78 is 26.7. The Morgan fingerprint density at radius 3 is 2.00 bits per heavy atom. The Morgan fingerprint density at radius 1 is 0.750 bits per heavy atom. The standard InChI is InChI=1S/C21H18O2S/c22-24(23,17-9-5-2-6-10-17)21-19(14-7-3-1-4-8-14)18-15-11-12-16(13-15)20(18)21/h1-12,15-16,18,20H,13H2/t15-,16+,18-,20-/m1/s1. The molecule has 0 saturated heterocycles. The quantitative estimate of drug-likeness (QED) is 0.783. The molecule has 5 rings (SSSR count). The minimum absolute atomic E-state index is 0.167. The van der Waals surface area contributed by atoms with E-state index in [2.05, 4.69) is 12.2 Å². The van der Waals surface area contributed by atoms with Crippen molar-refractivity contribution in [2.24, 2.45) is 23.7 Å². The minimum atomic E-state index is -3.43. The summed E-state index contributed by atoms with van der Waals surface area (Å²) in [5.41, 5.74) is 2.12. The van der Waals surface area contributed by atoms with Gasteiger partial charge in [-0.2, -0.15) is 0 Å². The molecule has 0 spiro atoms. The van der Waals surface area contributed by atoms with Crippen LogP contribution in [0.4, 0.5) is 0 Å². The summed E-state index contributed by atoms with van der Waals surface area (Å²) in [6.07, 6.45) is 5.62. The Bertz CT molecular complexity index is 955. The second-order valence-corrected chi connectivity index (χ2v) is 8.88. The van der Waals surface area contributed by atoms with Crippen LogP contribution in [-0.4, -0.2) is 8.42 Å². The van der Waals surface area contributed by atoms with Crippen LogP contribution in [-0.2, 0) is 9.84 Å². The molecule has 0 radical (unpaired) electrons. The van der Waals surface area contributed by atoms with Gasteiger partial charge in [0.2, 0.25) is 9.84 Å². The molecule has 2 bridgehead atoms. The SMILES string of the molecule is O=S(=O)(C1=C(c2ccccc2)[C@@H]2[C@H]1[C@H]1C=C[C@@H]2C1)c1ccccc1. The Morgan fingerprint density at radius 2 is 1.33 bits per heavy atom. The van der Waals surface area contributed by atoms with Crippen LogP contribution in [0.2, 0.25) is 0 Å². The molecule has 4 atom stereocenters. The van der Waals surface area contributed by atoms with Gasteiger partial charge in [0.15, 0.2) is 0 Å². The third-order valence-electron chi connectivity index (χ3n) is 5.79. The van der Waals surface area contributed by atoms with Crippen molar-refractivity contribution in [1.82, 2.24) is 0 Å². The lowest BCUT2D eigenvalue weighted by Gasteiger charge is -2.42. The van der Waals surface area contributed by atoms with Gasteiger partial charge in [0.1, 0.15) is 0 Å². The van der Waals surface area contributed by atoms with E-state index in [-0.39, 0.29) is 5.92 Å². The molecule has 0 aromatic heterocycles. The molecule has 0 heterocycles. The summed E-state index contributed by atoms with van der Waals surface area (Å²) in [4.78, 5) is 1.08. The lowest BCUT2D eigenvalue weighted by atomic mass is 9.66. The highest BCUT2D eigenvalue weighted by Gasteiger charge is 2.58. The molecule has 1 fully saturated rings. The van der Waals surface area contributed by atoms with E-state index in [1.165, 1.54) is 0 Å². The molecule has 1 saturated carbocycles. The zero-order valence-corrected chi connectivity index (χ0v) is 14.0. The Balaban J connectivity index is 1.72. The predicted molar refractivity (Wildman–Crippen MR) is 94.7 cm³/mol. The van der Waals surface area contributed by atoms with E-state index in [1.54, 1.807) is 24.3 Å². The average molecular weight is 334 g/mol. The molecule has 3 heteroatoms. The van der Waals surface area contributed by atoms with Crippen LogP contribution in [0.25, 0.3) is 5.57 Å². The van der Waals surface area contributed by atoms with Gasteiger partial charge in [-0.25, -0.2) is 8.42 Å². The van der Waals surface area contributed by atoms with Gasteiger partial charge in [-0.05, 0) is 47.4 Å². The number of fused-ring (bicyclic) bond motifs is 5. The van der Waals surface area contributed by atoms with Gasteiger partial charge in [0.25, 0.3) is 0 Å². The van der Waals surface area contributed by atoms with Crippen LogP contribution in [0.1, 0.15) is 12.0 Å². The molecule has 120 valence electrons. The van der Waals surface area contributed by atoms with Gasteiger partial charge < -0.3 is 0 Å². The van der Waals surface area contributed by atoms with Crippen molar-refractivity contribution in [2.45, 2.75) is 11.3 Å². The van der Waals surface area contributed by atoms with E-state index in [9.17, 15) is 8.42 Å². The van der Waals surface area contributed by atoms with Crippen LogP contribution < -0.4 is 0 Å². The molecule has 3 aliphatic rings. The first-order valence-electron chi connectivity index (χ1n) is 8.46. The normalized spacial score (nSPS) is 30.3. The van der Waals surface area contributed by atoms with Crippen LogP contribution in [0, 0.1) is 23.7 Å². The molecule has 3 aliphatic carbocycles. The fourth-order valence-corrected chi connectivity index (χ4v) is 6.82. The molecule has 2 aromatic carbocycles. The number of sulfone groups is 1. The van der Waals surface area contributed by atoms with Crippen LogP contribution >= 0.6 is 0 Å². The fraction of sp³-hybridized carbons (Fsp3) is 0.238. The smallest absolute Gasteiger partial charge is 0.203 e. The highest BCUT2D eigenvalue weighted by Crippen LogP contribution is 2.65. The topological polar surface area (TPSA) is 34.1 Å². The van der Waals surface area contributed by atoms with Crippen molar-refractivity contribution in [3.63, 3.8) is 0 Å². The second kappa shape index (κ2) is 4.93. The van der Waals surface area contributed by atoms with Crippen molar-refractivity contribution in [1.29, 1.82) is 0 Å². The van der Waals surface area contributed by atoms with Gasteiger partial charge >= 0.3 is 0 Å². The number of benzene rings is 2. The predicted octanol–water partition coefficient (Wildman–Crippen LogP) is 4.32.